The minimum Gasteiger partial charge on any atom is -0.478 e. The zero-order valence-electron chi connectivity index (χ0n) is 12.3. The summed E-state index contributed by atoms with van der Waals surface area (Å²) < 4.78 is 5.64. The van der Waals surface area contributed by atoms with Gasteiger partial charge in [0.25, 0.3) is 0 Å². The fraction of sp³-hybridized carbons (Fsp3) is 0.250. The molecule has 0 radical (unpaired) electrons. The largest absolute Gasteiger partial charge is 0.478 e. The molecule has 5 nitrogen and oxygen atoms in total. The molecule has 0 aliphatic heterocycles. The van der Waals surface area contributed by atoms with E-state index in [9.17, 15) is 4.79 Å². The molecule has 0 spiro atoms. The second-order valence-corrected chi connectivity index (χ2v) is 5.76. The molecule has 1 aromatic carbocycles. The van der Waals surface area contributed by atoms with E-state index in [1.54, 1.807) is 6.07 Å². The van der Waals surface area contributed by atoms with Gasteiger partial charge in [0.1, 0.15) is 11.4 Å². The van der Waals surface area contributed by atoms with E-state index in [0.717, 1.165) is 5.56 Å². The van der Waals surface area contributed by atoms with E-state index in [1.807, 2.05) is 18.2 Å². The predicted molar refractivity (Wildman–Crippen MR) is 80.8 cm³/mol. The van der Waals surface area contributed by atoms with Crippen LogP contribution in [0, 0.1) is 0 Å². The molecule has 0 saturated carbocycles. The summed E-state index contributed by atoms with van der Waals surface area (Å²) in [6.07, 6.45) is 1.36. The molecule has 110 valence electrons. The Labute approximate surface area is 123 Å². The Kier molecular flexibility index (Phi) is 3.84. The molecule has 0 aliphatic carbocycles. The number of aromatic nitrogens is 1. The molecule has 1 aromatic heterocycles. The number of benzene rings is 1. The van der Waals surface area contributed by atoms with E-state index in [1.165, 1.54) is 12.3 Å². The number of hydrogen-bond donors (Lipinski definition) is 2. The highest BCUT2D eigenvalue weighted by Gasteiger charge is 2.16. The van der Waals surface area contributed by atoms with Crippen molar-refractivity contribution in [2.24, 2.45) is 0 Å². The van der Waals surface area contributed by atoms with Crippen LogP contribution in [0.3, 0.4) is 0 Å². The average molecular weight is 286 g/mol. The van der Waals surface area contributed by atoms with Gasteiger partial charge >= 0.3 is 5.97 Å². The lowest BCUT2D eigenvalue weighted by atomic mass is 9.87. The maximum absolute atomic E-state index is 11.0. The van der Waals surface area contributed by atoms with E-state index < -0.39 is 5.97 Å². The number of anilines is 1. The van der Waals surface area contributed by atoms with Crippen LogP contribution in [-0.2, 0) is 5.41 Å². The van der Waals surface area contributed by atoms with Crippen LogP contribution in [0.5, 0.6) is 11.6 Å². The van der Waals surface area contributed by atoms with Gasteiger partial charge in [-0.3, -0.25) is 0 Å². The zero-order valence-corrected chi connectivity index (χ0v) is 12.3. The predicted octanol–water partition coefficient (Wildman–Crippen LogP) is 3.45. The van der Waals surface area contributed by atoms with E-state index in [-0.39, 0.29) is 22.5 Å². The monoisotopic (exact) mass is 286 g/mol. The topological polar surface area (TPSA) is 85.4 Å². The van der Waals surface area contributed by atoms with Crippen molar-refractivity contribution in [3.63, 3.8) is 0 Å². The molecule has 2 aromatic rings. The first kappa shape index (κ1) is 14.8. The fourth-order valence-corrected chi connectivity index (χ4v) is 1.86. The molecule has 1 heterocycles. The van der Waals surface area contributed by atoms with E-state index in [2.05, 4.69) is 25.8 Å². The van der Waals surface area contributed by atoms with Crippen molar-refractivity contribution in [2.75, 3.05) is 5.73 Å². The lowest BCUT2D eigenvalue weighted by Gasteiger charge is -2.19. The number of aromatic carboxylic acids is 1. The van der Waals surface area contributed by atoms with Crippen LogP contribution in [0.2, 0.25) is 0 Å². The summed E-state index contributed by atoms with van der Waals surface area (Å²) in [6, 6.07) is 8.92. The van der Waals surface area contributed by atoms with Crippen molar-refractivity contribution in [1.29, 1.82) is 0 Å². The van der Waals surface area contributed by atoms with Crippen LogP contribution in [0.1, 0.15) is 36.7 Å². The van der Waals surface area contributed by atoms with Crippen molar-refractivity contribution in [3.05, 3.63) is 47.7 Å². The minimum atomic E-state index is -1.11. The van der Waals surface area contributed by atoms with Crippen molar-refractivity contribution >= 4 is 11.7 Å². The first-order chi connectivity index (χ1) is 9.79. The highest BCUT2D eigenvalue weighted by Crippen LogP contribution is 2.30. The third-order valence-corrected chi connectivity index (χ3v) is 3.10. The number of nitrogens with zero attached hydrogens (tertiary/aromatic N) is 1. The number of hydrogen-bond acceptors (Lipinski definition) is 4. The number of nitrogens with two attached hydrogens (primary N) is 1. The van der Waals surface area contributed by atoms with Crippen LogP contribution < -0.4 is 10.5 Å². The van der Waals surface area contributed by atoms with Crippen LogP contribution in [0.25, 0.3) is 0 Å². The summed E-state index contributed by atoms with van der Waals surface area (Å²) in [5, 5.41) is 9.04. The van der Waals surface area contributed by atoms with Crippen molar-refractivity contribution in [3.8, 4) is 11.6 Å². The summed E-state index contributed by atoms with van der Waals surface area (Å²) in [4.78, 5) is 15.0. The third-order valence-electron chi connectivity index (χ3n) is 3.10. The molecule has 2 rings (SSSR count). The first-order valence-electron chi connectivity index (χ1n) is 6.55. The van der Waals surface area contributed by atoms with Gasteiger partial charge in [0, 0.05) is 6.20 Å². The number of carbonyl (C=O) groups is 1. The van der Waals surface area contributed by atoms with Crippen molar-refractivity contribution in [1.82, 2.24) is 4.98 Å². The molecule has 0 unspecified atom stereocenters. The number of carboxylic acids is 1. The summed E-state index contributed by atoms with van der Waals surface area (Å²) in [7, 11) is 0. The molecule has 5 heteroatoms. The van der Waals surface area contributed by atoms with Crippen LogP contribution in [0.4, 0.5) is 5.69 Å². The van der Waals surface area contributed by atoms with E-state index >= 15 is 0 Å². The van der Waals surface area contributed by atoms with Gasteiger partial charge in [0.2, 0.25) is 5.88 Å². The highest BCUT2D eigenvalue weighted by atomic mass is 16.5. The number of nitrogen functional groups attached to an aromatic ring is 1. The molecule has 21 heavy (non-hydrogen) atoms. The Morgan fingerprint density at radius 3 is 2.62 bits per heavy atom. The van der Waals surface area contributed by atoms with E-state index in [0.29, 0.717) is 5.75 Å². The summed E-state index contributed by atoms with van der Waals surface area (Å²) in [6.45, 7) is 6.30. The zero-order chi connectivity index (χ0) is 15.6. The van der Waals surface area contributed by atoms with Gasteiger partial charge < -0.3 is 15.6 Å². The minimum absolute atomic E-state index is 0.0126. The van der Waals surface area contributed by atoms with Gasteiger partial charge in [-0.25, -0.2) is 9.78 Å². The number of rotatable bonds is 3. The van der Waals surface area contributed by atoms with Gasteiger partial charge in [-0.1, -0.05) is 32.9 Å². The fourth-order valence-electron chi connectivity index (χ4n) is 1.86. The molecule has 0 atom stereocenters. The molecule has 3 N–H and O–H groups in total. The maximum atomic E-state index is 11.0. The Bertz CT molecular complexity index is 675. The molecule has 0 saturated heterocycles. The maximum Gasteiger partial charge on any atom is 0.338 e. The molecule has 0 amide bonds. The van der Waals surface area contributed by atoms with Crippen molar-refractivity contribution in [2.45, 2.75) is 26.2 Å². The van der Waals surface area contributed by atoms with Gasteiger partial charge in [-0.2, -0.15) is 0 Å². The quantitative estimate of drug-likeness (QED) is 0.902. The molecule has 0 aliphatic rings. The second kappa shape index (κ2) is 5.44. The Morgan fingerprint density at radius 1 is 1.29 bits per heavy atom. The van der Waals surface area contributed by atoms with Gasteiger partial charge in [0.05, 0.1) is 5.56 Å². The van der Waals surface area contributed by atoms with Crippen LogP contribution in [-0.4, -0.2) is 16.1 Å². The molecular formula is C16H18N2O3. The SMILES string of the molecule is CC(C)(C)c1cccc(Oc2nccc(C(=O)O)c2N)c1. The lowest BCUT2D eigenvalue weighted by molar-refractivity contribution is 0.0697. The Hall–Kier alpha value is -2.56. The second-order valence-electron chi connectivity index (χ2n) is 5.76. The van der Waals surface area contributed by atoms with Crippen molar-refractivity contribution < 1.29 is 14.6 Å². The molecular weight excluding hydrogens is 268 g/mol. The normalized spacial score (nSPS) is 11.2. The average Bonchev–Trinajstić information content (AvgIpc) is 2.40. The van der Waals surface area contributed by atoms with Gasteiger partial charge in [-0.15, -0.1) is 0 Å². The standard InChI is InChI=1S/C16H18N2O3/c1-16(2,3)10-5-4-6-11(9-10)21-14-13(17)12(15(19)20)7-8-18-14/h4-9H,17H2,1-3H3,(H,19,20). The Balaban J connectivity index is 2.35. The summed E-state index contributed by atoms with van der Waals surface area (Å²) in [5.74, 6) is -0.437. The third kappa shape index (κ3) is 3.31. The smallest absolute Gasteiger partial charge is 0.338 e. The highest BCUT2D eigenvalue weighted by molar-refractivity contribution is 5.94. The van der Waals surface area contributed by atoms with Crippen LogP contribution >= 0.6 is 0 Å². The molecule has 0 bridgehead atoms. The number of pyridine rings is 1. The van der Waals surface area contributed by atoms with Crippen LogP contribution in [0.15, 0.2) is 36.5 Å². The first-order valence-corrected chi connectivity index (χ1v) is 6.55. The lowest BCUT2D eigenvalue weighted by Crippen LogP contribution is -2.11. The van der Waals surface area contributed by atoms with E-state index in [4.69, 9.17) is 15.6 Å². The number of ether oxygens (including phenoxy) is 1. The summed E-state index contributed by atoms with van der Waals surface area (Å²) >= 11 is 0. The van der Waals surface area contributed by atoms with Gasteiger partial charge in [-0.05, 0) is 29.2 Å². The number of carboxylic acid groups (broad SMARTS) is 1. The molecule has 0 fully saturated rings. The Morgan fingerprint density at radius 2 is 2.00 bits per heavy atom. The summed E-state index contributed by atoms with van der Waals surface area (Å²) in [5.41, 5.74) is 6.88. The van der Waals surface area contributed by atoms with Gasteiger partial charge in [0.15, 0.2) is 0 Å².